The van der Waals surface area contributed by atoms with E-state index in [-0.39, 0.29) is 11.6 Å². The summed E-state index contributed by atoms with van der Waals surface area (Å²) in [6.07, 6.45) is 3.71. The van der Waals surface area contributed by atoms with E-state index in [1.165, 1.54) is 0 Å². The molecule has 0 saturated carbocycles. The molecule has 0 radical (unpaired) electrons. The molecule has 0 aliphatic carbocycles. The Labute approximate surface area is 96.6 Å². The van der Waals surface area contributed by atoms with Crippen molar-refractivity contribution in [2.75, 3.05) is 13.2 Å². The topological polar surface area (TPSA) is 49.8 Å². The summed E-state index contributed by atoms with van der Waals surface area (Å²) in [5, 5.41) is 9.17. The van der Waals surface area contributed by atoms with Crippen molar-refractivity contribution < 1.29 is 14.6 Å². The third-order valence-electron chi connectivity index (χ3n) is 3.72. The summed E-state index contributed by atoms with van der Waals surface area (Å²) in [7, 11) is 0. The van der Waals surface area contributed by atoms with Crippen molar-refractivity contribution in [2.45, 2.75) is 57.2 Å². The first kappa shape index (κ1) is 11.9. The van der Waals surface area contributed by atoms with Crippen LogP contribution in [-0.2, 0) is 9.53 Å². The van der Waals surface area contributed by atoms with Crippen LogP contribution in [0.3, 0.4) is 0 Å². The van der Waals surface area contributed by atoms with Crippen LogP contribution in [0.1, 0.15) is 39.5 Å². The average molecular weight is 227 g/mol. The number of hydrogen-bond donors (Lipinski definition) is 1. The number of nitrogens with zero attached hydrogens (tertiary/aromatic N) is 1. The van der Waals surface area contributed by atoms with E-state index in [4.69, 9.17) is 4.74 Å². The zero-order valence-corrected chi connectivity index (χ0v) is 10.1. The van der Waals surface area contributed by atoms with E-state index in [0.717, 1.165) is 38.8 Å². The summed E-state index contributed by atoms with van der Waals surface area (Å²) in [5.74, 6) is -0.665. The molecule has 0 amide bonds. The number of carboxylic acid groups (broad SMARTS) is 1. The molecule has 92 valence electrons. The number of carbonyl (C=O) groups is 1. The average Bonchev–Trinajstić information content (AvgIpc) is 2.64. The normalized spacial score (nSPS) is 35.1. The number of rotatable bonds is 2. The number of ether oxygens (including phenoxy) is 1. The van der Waals surface area contributed by atoms with Gasteiger partial charge in [0.2, 0.25) is 0 Å². The second kappa shape index (κ2) is 4.34. The summed E-state index contributed by atoms with van der Waals surface area (Å²) in [6.45, 7) is 5.86. The fraction of sp³-hybridized carbons (Fsp3) is 0.917. The van der Waals surface area contributed by atoms with Gasteiger partial charge >= 0.3 is 5.97 Å². The molecule has 1 N–H and O–H groups in total. The lowest BCUT2D eigenvalue weighted by atomic mass is 9.92. The second-order valence-corrected chi connectivity index (χ2v) is 5.49. The van der Waals surface area contributed by atoms with Crippen LogP contribution in [0.5, 0.6) is 0 Å². The molecule has 0 aromatic heterocycles. The Morgan fingerprint density at radius 2 is 2.19 bits per heavy atom. The predicted octanol–water partition coefficient (Wildman–Crippen LogP) is 1.49. The Balaban J connectivity index is 2.03. The minimum absolute atomic E-state index is 0.103. The van der Waals surface area contributed by atoms with Gasteiger partial charge in [-0.05, 0) is 46.1 Å². The van der Waals surface area contributed by atoms with Gasteiger partial charge < -0.3 is 9.84 Å². The zero-order valence-electron chi connectivity index (χ0n) is 10.1. The van der Waals surface area contributed by atoms with E-state index < -0.39 is 5.97 Å². The van der Waals surface area contributed by atoms with Crippen molar-refractivity contribution in [1.82, 2.24) is 4.90 Å². The van der Waals surface area contributed by atoms with E-state index in [1.54, 1.807) is 0 Å². The lowest BCUT2D eigenvalue weighted by Gasteiger charge is -2.41. The molecule has 4 nitrogen and oxygen atoms in total. The standard InChI is InChI=1S/C12H21NO3/c1-12(2)8-9(5-7-16-12)13-6-3-4-10(13)11(14)15/h9-10H,3-8H2,1-2H3,(H,14,15). The highest BCUT2D eigenvalue weighted by molar-refractivity contribution is 5.73. The van der Waals surface area contributed by atoms with Crippen molar-refractivity contribution in [3.05, 3.63) is 0 Å². The van der Waals surface area contributed by atoms with Crippen molar-refractivity contribution in [3.8, 4) is 0 Å². The maximum absolute atomic E-state index is 11.1. The first-order valence-corrected chi connectivity index (χ1v) is 6.12. The molecule has 2 unspecified atom stereocenters. The van der Waals surface area contributed by atoms with Gasteiger partial charge in [0.25, 0.3) is 0 Å². The third-order valence-corrected chi connectivity index (χ3v) is 3.72. The quantitative estimate of drug-likeness (QED) is 0.776. The highest BCUT2D eigenvalue weighted by Crippen LogP contribution is 2.31. The van der Waals surface area contributed by atoms with Gasteiger partial charge in [-0.3, -0.25) is 9.69 Å². The smallest absolute Gasteiger partial charge is 0.320 e. The van der Waals surface area contributed by atoms with Crippen LogP contribution in [0.4, 0.5) is 0 Å². The van der Waals surface area contributed by atoms with E-state index in [2.05, 4.69) is 18.7 Å². The predicted molar refractivity (Wildman–Crippen MR) is 60.4 cm³/mol. The first-order chi connectivity index (χ1) is 7.49. The lowest BCUT2D eigenvalue weighted by Crippen LogP contribution is -2.49. The molecule has 2 rings (SSSR count). The van der Waals surface area contributed by atoms with Gasteiger partial charge in [-0.25, -0.2) is 0 Å². The molecule has 0 aromatic rings. The molecular formula is C12H21NO3. The van der Waals surface area contributed by atoms with Gasteiger partial charge in [0.05, 0.1) is 5.60 Å². The summed E-state index contributed by atoms with van der Waals surface area (Å²) >= 11 is 0. The van der Waals surface area contributed by atoms with Crippen LogP contribution in [0, 0.1) is 0 Å². The molecule has 16 heavy (non-hydrogen) atoms. The van der Waals surface area contributed by atoms with Crippen LogP contribution in [0.2, 0.25) is 0 Å². The summed E-state index contributed by atoms with van der Waals surface area (Å²) in [6, 6.07) is 0.117. The summed E-state index contributed by atoms with van der Waals surface area (Å²) < 4.78 is 5.68. The lowest BCUT2D eigenvalue weighted by molar-refractivity contribution is -0.145. The highest BCUT2D eigenvalue weighted by atomic mass is 16.5. The molecule has 2 heterocycles. The SMILES string of the molecule is CC1(C)CC(N2CCCC2C(=O)O)CCO1. The summed E-state index contributed by atoms with van der Waals surface area (Å²) in [5.41, 5.74) is -0.103. The van der Waals surface area contributed by atoms with E-state index in [0.29, 0.717) is 6.04 Å². The van der Waals surface area contributed by atoms with Gasteiger partial charge in [-0.2, -0.15) is 0 Å². The third kappa shape index (κ3) is 2.38. The number of aliphatic carboxylic acids is 1. The molecule has 2 fully saturated rings. The maximum atomic E-state index is 11.1. The Morgan fingerprint density at radius 3 is 2.81 bits per heavy atom. The van der Waals surface area contributed by atoms with Crippen molar-refractivity contribution in [3.63, 3.8) is 0 Å². The van der Waals surface area contributed by atoms with Gasteiger partial charge in [0.1, 0.15) is 6.04 Å². The van der Waals surface area contributed by atoms with Crippen molar-refractivity contribution in [1.29, 1.82) is 0 Å². The van der Waals surface area contributed by atoms with Gasteiger partial charge in [-0.1, -0.05) is 0 Å². The van der Waals surface area contributed by atoms with Crippen LogP contribution >= 0.6 is 0 Å². The Morgan fingerprint density at radius 1 is 1.44 bits per heavy atom. The van der Waals surface area contributed by atoms with Crippen LogP contribution in [0.15, 0.2) is 0 Å². The zero-order chi connectivity index (χ0) is 11.8. The first-order valence-electron chi connectivity index (χ1n) is 6.12. The van der Waals surface area contributed by atoms with Crippen molar-refractivity contribution >= 4 is 5.97 Å². The maximum Gasteiger partial charge on any atom is 0.320 e. The van der Waals surface area contributed by atoms with E-state index >= 15 is 0 Å². The fourth-order valence-corrected chi connectivity index (χ4v) is 2.97. The van der Waals surface area contributed by atoms with Gasteiger partial charge in [0, 0.05) is 12.6 Å². The molecule has 0 bridgehead atoms. The monoisotopic (exact) mass is 227 g/mol. The van der Waals surface area contributed by atoms with E-state index in [1.807, 2.05) is 0 Å². The molecule has 2 aliphatic heterocycles. The van der Waals surface area contributed by atoms with Crippen molar-refractivity contribution in [2.24, 2.45) is 0 Å². The van der Waals surface area contributed by atoms with Gasteiger partial charge in [0.15, 0.2) is 0 Å². The molecule has 0 aromatic carbocycles. The van der Waals surface area contributed by atoms with Crippen LogP contribution in [-0.4, -0.2) is 46.8 Å². The number of likely N-dealkylation sites (tertiary alicyclic amines) is 1. The molecular weight excluding hydrogens is 206 g/mol. The summed E-state index contributed by atoms with van der Waals surface area (Å²) in [4.78, 5) is 13.3. The minimum Gasteiger partial charge on any atom is -0.480 e. The number of hydrogen-bond acceptors (Lipinski definition) is 3. The Hall–Kier alpha value is -0.610. The second-order valence-electron chi connectivity index (χ2n) is 5.49. The highest BCUT2D eigenvalue weighted by Gasteiger charge is 2.39. The van der Waals surface area contributed by atoms with Gasteiger partial charge in [-0.15, -0.1) is 0 Å². The molecule has 2 saturated heterocycles. The molecule has 2 aliphatic rings. The Bertz CT molecular complexity index is 277. The Kier molecular flexibility index (Phi) is 3.22. The van der Waals surface area contributed by atoms with E-state index in [9.17, 15) is 9.90 Å². The van der Waals surface area contributed by atoms with Crippen LogP contribution in [0.25, 0.3) is 0 Å². The fourth-order valence-electron chi connectivity index (χ4n) is 2.97. The minimum atomic E-state index is -0.665. The number of carboxylic acids is 1. The molecule has 2 atom stereocenters. The largest absolute Gasteiger partial charge is 0.480 e. The molecule has 4 heteroatoms. The van der Waals surface area contributed by atoms with Crippen LogP contribution < -0.4 is 0 Å². The molecule has 0 spiro atoms.